The average Bonchev–Trinajstić information content (AvgIpc) is 4.49. The third-order valence-electron chi connectivity index (χ3n) is 12.0. The third-order valence-corrected chi connectivity index (χ3v) is 13.8. The minimum Gasteiger partial charge on any atom is -0.507 e. The maximum atomic E-state index is 9.66. The van der Waals surface area contributed by atoms with Crippen LogP contribution in [0.15, 0.2) is 184 Å². The Labute approximate surface area is 481 Å². The summed E-state index contributed by atoms with van der Waals surface area (Å²) in [5.41, 5.74) is 6.21. The number of phenolic OH excluding ortho intramolecular Hbond substituents is 3. The van der Waals surface area contributed by atoms with Crippen molar-refractivity contribution >= 4 is 90.1 Å². The number of ether oxygens (including phenoxy) is 2. The molecule has 0 saturated heterocycles. The zero-order valence-corrected chi connectivity index (χ0v) is 47.0. The van der Waals surface area contributed by atoms with Crippen molar-refractivity contribution in [2.45, 2.75) is 27.7 Å². The van der Waals surface area contributed by atoms with E-state index in [1.54, 1.807) is 105 Å². The average molecular weight is 1150 g/mol. The van der Waals surface area contributed by atoms with E-state index in [-0.39, 0.29) is 17.2 Å². The summed E-state index contributed by atoms with van der Waals surface area (Å²) in [6, 6.07) is 46.5. The number of aromatic nitrogens is 7. The van der Waals surface area contributed by atoms with Crippen molar-refractivity contribution in [2.75, 3.05) is 14.2 Å². The van der Waals surface area contributed by atoms with Crippen molar-refractivity contribution in [1.82, 2.24) is 35.5 Å². The number of aryl methyl sites for hydroxylation is 4. The maximum absolute atomic E-state index is 9.66. The molecule has 14 rings (SSSR count). The van der Waals surface area contributed by atoms with E-state index in [0.717, 1.165) is 71.3 Å². The number of benzene rings is 6. The Bertz CT molecular complexity index is 4370. The molecule has 83 heavy (non-hydrogen) atoms. The Hall–Kier alpha value is -10.6. The minimum absolute atomic E-state index is 0.0972. The minimum atomic E-state index is 0.0972. The fraction of sp³-hybridized carbons (Fsp3) is 0.0952. The second-order valence-corrected chi connectivity index (χ2v) is 20.1. The molecule has 0 atom stereocenters. The molecule has 0 unspecified atom stereocenters. The van der Waals surface area contributed by atoms with Crippen molar-refractivity contribution in [3.05, 3.63) is 202 Å². The predicted octanol–water partition coefficient (Wildman–Crippen LogP) is 16.2. The van der Waals surface area contributed by atoms with E-state index in [4.69, 9.17) is 36.1 Å². The second-order valence-electron chi connectivity index (χ2n) is 18.0. The van der Waals surface area contributed by atoms with Gasteiger partial charge in [0, 0.05) is 53.3 Å². The lowest BCUT2D eigenvalue weighted by atomic mass is 10.2. The van der Waals surface area contributed by atoms with Gasteiger partial charge in [-0.05, 0) is 98.8 Å². The maximum Gasteiger partial charge on any atom is 0.283 e. The molecule has 8 aromatic heterocycles. The van der Waals surface area contributed by atoms with Crippen LogP contribution in [-0.2, 0) is 0 Å². The molecule has 0 bridgehead atoms. The fourth-order valence-corrected chi connectivity index (χ4v) is 9.55. The van der Waals surface area contributed by atoms with Crippen molar-refractivity contribution in [3.63, 3.8) is 0 Å². The summed E-state index contributed by atoms with van der Waals surface area (Å²) in [4.78, 5) is 8.92. The van der Waals surface area contributed by atoms with Gasteiger partial charge in [-0.2, -0.15) is 0 Å². The van der Waals surface area contributed by atoms with Crippen LogP contribution < -0.4 is 9.47 Å². The summed E-state index contributed by atoms with van der Waals surface area (Å²) in [5.74, 6) is 6.40. The number of furan rings is 3. The molecule has 18 nitrogen and oxygen atoms in total. The molecule has 0 fully saturated rings. The highest BCUT2D eigenvalue weighted by Gasteiger charge is 2.16. The van der Waals surface area contributed by atoms with Crippen molar-refractivity contribution in [3.8, 4) is 63.4 Å². The molecule has 0 aliphatic rings. The van der Waals surface area contributed by atoms with Gasteiger partial charge in [0.15, 0.2) is 39.9 Å². The first kappa shape index (κ1) is 55.7. The molecule has 8 heterocycles. The number of hydrogen-bond acceptors (Lipinski definition) is 20. The lowest BCUT2D eigenvalue weighted by molar-refractivity contribution is 0.404. The summed E-state index contributed by atoms with van der Waals surface area (Å²) >= 11 is 3.26. The van der Waals surface area contributed by atoms with Gasteiger partial charge < -0.3 is 51.4 Å². The Balaban J connectivity index is 0.000000116. The van der Waals surface area contributed by atoms with Crippen molar-refractivity contribution in [1.29, 1.82) is 0 Å². The van der Waals surface area contributed by atoms with Gasteiger partial charge in [-0.25, -0.2) is 9.97 Å². The predicted molar refractivity (Wildman–Crippen MR) is 320 cm³/mol. The lowest BCUT2D eigenvalue weighted by Crippen LogP contribution is -1.81. The van der Waals surface area contributed by atoms with Gasteiger partial charge in [-0.3, -0.25) is 0 Å². The Kier molecular flexibility index (Phi) is 17.3. The van der Waals surface area contributed by atoms with E-state index in [0.29, 0.717) is 57.7 Å². The first-order valence-electron chi connectivity index (χ1n) is 25.5. The van der Waals surface area contributed by atoms with Crippen LogP contribution in [-0.4, -0.2) is 65.1 Å². The van der Waals surface area contributed by atoms with Crippen LogP contribution in [0.2, 0.25) is 0 Å². The summed E-state index contributed by atoms with van der Waals surface area (Å²) in [5, 5.41) is 54.4. The molecule has 0 aliphatic heterocycles. The van der Waals surface area contributed by atoms with E-state index in [1.165, 1.54) is 4.70 Å². The summed E-state index contributed by atoms with van der Waals surface area (Å²) in [7, 11) is 3.28. The number of hydrogen-bond donors (Lipinski definition) is 3. The topological polar surface area (TPSA) is 248 Å². The smallest absolute Gasteiger partial charge is 0.283 e. The number of phenols is 3. The molecular formula is C63H51N7O11S2. The second kappa shape index (κ2) is 25.7. The summed E-state index contributed by atoms with van der Waals surface area (Å²) in [6.45, 7) is 7.29. The number of para-hydroxylation sites is 5. The molecule has 416 valence electrons. The first-order chi connectivity index (χ1) is 40.4. The largest absolute Gasteiger partial charge is 0.507 e. The molecule has 20 heteroatoms. The standard InChI is InChI=1S/C15H11NOS.C13H11NO3.C13H11NO2S.C11H8N2O3.C11H10N2O2/c17-13-7-3-1-5-11(13)9-10-15-16-12-6-2-4-8-14(12)18-15;1-8-6-12(17-14-8)11-7-9-4-3-5-10(15-2)13(9)16-11;1-8-14-10(7-17-8)13-6-9-11(15-2)4-3-5-12(9)16-13;1-6-12-13-11(15-6)9-5-7-3-2-4-8(14)10(7)16-9;1-8-12-13-11(15-8)7-6-9-4-2-3-5-10(9)14/h1-10,17H;2*3-7H,1-2H3;2-5,14H,1H3;2-7,14H,1H3/b10-9+;;;;7-6+. The summed E-state index contributed by atoms with van der Waals surface area (Å²) in [6.07, 6.45) is 7.20. The molecule has 3 N–H and O–H groups in total. The van der Waals surface area contributed by atoms with Gasteiger partial charge in [-0.15, -0.1) is 43.1 Å². The molecule has 14 aromatic rings. The Morgan fingerprint density at radius 1 is 0.506 bits per heavy atom. The van der Waals surface area contributed by atoms with E-state index in [2.05, 4.69) is 41.6 Å². The number of nitrogens with zero attached hydrogens (tertiary/aromatic N) is 7. The molecule has 0 aliphatic carbocycles. The molecule has 0 radical (unpaired) electrons. The van der Waals surface area contributed by atoms with Crippen LogP contribution in [0.4, 0.5) is 0 Å². The number of rotatable bonds is 9. The molecule has 6 aromatic carbocycles. The quantitative estimate of drug-likeness (QED) is 0.121. The monoisotopic (exact) mass is 1150 g/mol. The van der Waals surface area contributed by atoms with Gasteiger partial charge in [0.05, 0.1) is 40.5 Å². The highest BCUT2D eigenvalue weighted by Crippen LogP contribution is 2.36. The van der Waals surface area contributed by atoms with E-state index in [9.17, 15) is 15.3 Å². The van der Waals surface area contributed by atoms with Crippen LogP contribution in [0.1, 0.15) is 44.5 Å². The normalized spacial score (nSPS) is 11.1. The van der Waals surface area contributed by atoms with Gasteiger partial charge in [0.1, 0.15) is 33.5 Å². The first-order valence-corrected chi connectivity index (χ1v) is 27.2. The third kappa shape index (κ3) is 13.7. The van der Waals surface area contributed by atoms with Gasteiger partial charge >= 0.3 is 0 Å². The van der Waals surface area contributed by atoms with Crippen molar-refractivity contribution in [2.24, 2.45) is 0 Å². The SMILES string of the molecule is COc1cccc2cc(-c3cc(C)no3)oc12.COc1cccc2oc(-c3csc(C)n3)cc12.Cc1nnc(-c2cc3cccc(O)c3o2)o1.Cc1nnc(/C=C/c2ccccc2O)o1.Oc1ccccc1/C=C/c1nc2ccccc2s1. The van der Waals surface area contributed by atoms with E-state index < -0.39 is 0 Å². The lowest BCUT2D eigenvalue weighted by Gasteiger charge is -1.98. The fourth-order valence-electron chi connectivity index (χ4n) is 8.08. The van der Waals surface area contributed by atoms with Gasteiger partial charge in [-0.1, -0.05) is 84.0 Å². The zero-order chi connectivity index (χ0) is 57.8. The Morgan fingerprint density at radius 3 is 1.80 bits per heavy atom. The van der Waals surface area contributed by atoms with Crippen LogP contribution in [0.5, 0.6) is 28.7 Å². The molecule has 0 amide bonds. The highest BCUT2D eigenvalue weighted by atomic mass is 32.1. The van der Waals surface area contributed by atoms with Gasteiger partial charge in [0.2, 0.25) is 23.4 Å². The molecule has 0 saturated carbocycles. The van der Waals surface area contributed by atoms with Crippen LogP contribution in [0.3, 0.4) is 0 Å². The van der Waals surface area contributed by atoms with Crippen LogP contribution >= 0.6 is 22.7 Å². The summed E-state index contributed by atoms with van der Waals surface area (Å²) < 4.78 is 44.2. The van der Waals surface area contributed by atoms with E-state index >= 15 is 0 Å². The van der Waals surface area contributed by atoms with Crippen molar-refractivity contribution < 1.29 is 51.4 Å². The number of thiazole rings is 2. The van der Waals surface area contributed by atoms with Crippen LogP contribution in [0.25, 0.3) is 102 Å². The zero-order valence-electron chi connectivity index (χ0n) is 45.4. The molecular weight excluding hydrogens is 1090 g/mol. The van der Waals surface area contributed by atoms with E-state index in [1.807, 2.05) is 135 Å². The highest BCUT2D eigenvalue weighted by molar-refractivity contribution is 7.19. The number of fused-ring (bicyclic) bond motifs is 4. The Morgan fingerprint density at radius 2 is 1.14 bits per heavy atom. The number of methoxy groups -OCH3 is 2. The van der Waals surface area contributed by atoms with Crippen LogP contribution in [0, 0.1) is 27.7 Å². The van der Waals surface area contributed by atoms with Gasteiger partial charge in [0.25, 0.3) is 5.89 Å². The molecule has 0 spiro atoms. The number of aromatic hydroxyl groups is 3.